The smallest absolute Gasteiger partial charge is 0.256 e. The van der Waals surface area contributed by atoms with Crippen molar-refractivity contribution in [3.8, 4) is 11.4 Å². The monoisotopic (exact) mass is 446 g/mol. The molecule has 1 unspecified atom stereocenters. The summed E-state index contributed by atoms with van der Waals surface area (Å²) in [4.78, 5) is 33.5. The number of aliphatic hydroxyl groups is 1. The van der Waals surface area contributed by atoms with Gasteiger partial charge in [0.15, 0.2) is 5.60 Å². The molecule has 2 amide bonds. The van der Waals surface area contributed by atoms with Gasteiger partial charge in [0.1, 0.15) is 0 Å². The van der Waals surface area contributed by atoms with E-state index in [9.17, 15) is 14.7 Å². The van der Waals surface area contributed by atoms with Gasteiger partial charge in [-0.25, -0.2) is 0 Å². The number of carbonyl (C=O) groups excluding carboxylic acids is 2. The summed E-state index contributed by atoms with van der Waals surface area (Å²) in [6, 6.07) is 17.0. The maximum atomic E-state index is 13.1. The molecule has 5 rings (SSSR count). The van der Waals surface area contributed by atoms with E-state index in [2.05, 4.69) is 10.1 Å². The summed E-state index contributed by atoms with van der Waals surface area (Å²) in [6.07, 6.45) is 1.35. The highest BCUT2D eigenvalue weighted by Gasteiger charge is 2.41. The predicted octanol–water partition coefficient (Wildman–Crippen LogP) is 2.85. The molecule has 1 aromatic heterocycles. The van der Waals surface area contributed by atoms with Gasteiger partial charge in [-0.2, -0.15) is 4.98 Å². The highest BCUT2D eigenvalue weighted by molar-refractivity contribution is 5.98. The second-order valence-electron chi connectivity index (χ2n) is 8.98. The molecule has 8 heteroatoms. The molecule has 0 aliphatic carbocycles. The van der Waals surface area contributed by atoms with Gasteiger partial charge in [0.25, 0.3) is 11.8 Å². The predicted molar refractivity (Wildman–Crippen MR) is 120 cm³/mol. The number of hydrogen-bond donors (Lipinski definition) is 1. The van der Waals surface area contributed by atoms with Crippen LogP contribution in [0.15, 0.2) is 59.1 Å². The average Bonchev–Trinajstić information content (AvgIpc) is 3.45. The van der Waals surface area contributed by atoms with Crippen LogP contribution >= 0.6 is 0 Å². The van der Waals surface area contributed by atoms with Gasteiger partial charge in [-0.1, -0.05) is 53.7 Å². The topological polar surface area (TPSA) is 99.8 Å². The molecular formula is C25H26N4O4. The van der Waals surface area contributed by atoms with Crippen molar-refractivity contribution in [1.82, 2.24) is 19.9 Å². The fourth-order valence-electron chi connectivity index (χ4n) is 4.66. The summed E-state index contributed by atoms with van der Waals surface area (Å²) in [5, 5.41) is 15.1. The fourth-order valence-corrected chi connectivity index (χ4v) is 4.66. The first-order valence-corrected chi connectivity index (χ1v) is 11.2. The van der Waals surface area contributed by atoms with Gasteiger partial charge in [-0.05, 0) is 31.4 Å². The van der Waals surface area contributed by atoms with E-state index >= 15 is 0 Å². The van der Waals surface area contributed by atoms with Crippen molar-refractivity contribution < 1.29 is 19.2 Å². The maximum absolute atomic E-state index is 13.1. The molecule has 2 aromatic carbocycles. The van der Waals surface area contributed by atoms with Crippen molar-refractivity contribution in [2.45, 2.75) is 37.8 Å². The molecule has 1 N–H and O–H groups in total. The highest BCUT2D eigenvalue weighted by Crippen LogP contribution is 2.30. The number of β-amino-alcohol motifs (C(OH)–C–C–N with tert-alkyl or cyclic N) is 1. The van der Waals surface area contributed by atoms with Crippen LogP contribution in [0.1, 0.15) is 47.5 Å². The van der Waals surface area contributed by atoms with Gasteiger partial charge in [0.05, 0.1) is 6.54 Å². The molecule has 2 aliphatic rings. The number of piperidine rings is 1. The van der Waals surface area contributed by atoms with Crippen LogP contribution < -0.4 is 0 Å². The van der Waals surface area contributed by atoms with Crippen molar-refractivity contribution in [3.63, 3.8) is 0 Å². The molecule has 3 heterocycles. The van der Waals surface area contributed by atoms with Crippen LogP contribution in [0.5, 0.6) is 0 Å². The highest BCUT2D eigenvalue weighted by atomic mass is 16.5. The Morgan fingerprint density at radius 2 is 1.82 bits per heavy atom. The molecule has 170 valence electrons. The van der Waals surface area contributed by atoms with Crippen molar-refractivity contribution in [2.24, 2.45) is 0 Å². The number of fused-ring (bicyclic) bond motifs is 1. The van der Waals surface area contributed by atoms with Gasteiger partial charge < -0.3 is 19.4 Å². The largest absolute Gasteiger partial charge is 0.378 e. The van der Waals surface area contributed by atoms with E-state index in [-0.39, 0.29) is 24.3 Å². The minimum absolute atomic E-state index is 0.0383. The first kappa shape index (κ1) is 21.3. The molecular weight excluding hydrogens is 420 g/mol. The molecule has 1 fully saturated rings. The number of nitrogens with zero attached hydrogens (tertiary/aromatic N) is 4. The lowest BCUT2D eigenvalue weighted by molar-refractivity contribution is -0.152. The summed E-state index contributed by atoms with van der Waals surface area (Å²) >= 11 is 0. The second kappa shape index (κ2) is 8.44. The van der Waals surface area contributed by atoms with Gasteiger partial charge in [-0.3, -0.25) is 9.59 Å². The maximum Gasteiger partial charge on any atom is 0.256 e. The Morgan fingerprint density at radius 3 is 2.55 bits per heavy atom. The molecule has 0 radical (unpaired) electrons. The molecule has 3 aromatic rings. The van der Waals surface area contributed by atoms with Crippen molar-refractivity contribution >= 4 is 11.8 Å². The molecule has 0 saturated carbocycles. The second-order valence-corrected chi connectivity index (χ2v) is 8.98. The molecule has 0 spiro atoms. The summed E-state index contributed by atoms with van der Waals surface area (Å²) in [7, 11) is 0. The van der Waals surface area contributed by atoms with Crippen molar-refractivity contribution in [3.05, 3.63) is 71.6 Å². The lowest BCUT2D eigenvalue weighted by Gasteiger charge is -2.36. The number of aromatic nitrogens is 2. The minimum atomic E-state index is -1.66. The van der Waals surface area contributed by atoms with Crippen LogP contribution in [0, 0.1) is 0 Å². The third-order valence-corrected chi connectivity index (χ3v) is 6.46. The summed E-state index contributed by atoms with van der Waals surface area (Å²) in [6.45, 7) is 2.82. The summed E-state index contributed by atoms with van der Waals surface area (Å²) in [5.74, 6) is 0.693. The molecule has 0 bridgehead atoms. The van der Waals surface area contributed by atoms with Gasteiger partial charge in [0, 0.05) is 36.7 Å². The zero-order valence-corrected chi connectivity index (χ0v) is 18.5. The van der Waals surface area contributed by atoms with Crippen LogP contribution in [0.25, 0.3) is 11.4 Å². The van der Waals surface area contributed by atoms with E-state index in [1.165, 1.54) is 6.92 Å². The van der Waals surface area contributed by atoms with Crippen LogP contribution in [-0.2, 0) is 11.3 Å². The first-order valence-electron chi connectivity index (χ1n) is 11.2. The van der Waals surface area contributed by atoms with E-state index in [1.807, 2.05) is 48.5 Å². The molecule has 1 atom stereocenters. The Bertz CT molecular complexity index is 1170. The SMILES string of the molecule is CC(O)(CN1Cc2ccccc2C1=O)C(=O)N1CCC(c2nc(-c3ccccc3)no2)CC1. The van der Waals surface area contributed by atoms with Gasteiger partial charge in [0.2, 0.25) is 11.7 Å². The standard InChI is InChI=1S/C25H26N4O4/c1-25(32,16-29-15-19-9-5-6-10-20(19)23(29)30)24(31)28-13-11-18(12-14-28)22-26-21(27-33-22)17-7-3-2-4-8-17/h2-10,18,32H,11-16H2,1H3. The zero-order chi connectivity index (χ0) is 23.0. The zero-order valence-electron chi connectivity index (χ0n) is 18.5. The number of likely N-dealkylation sites (tertiary alicyclic amines) is 1. The van der Waals surface area contributed by atoms with Crippen LogP contribution in [0.2, 0.25) is 0 Å². The Labute approximate surface area is 191 Å². The Balaban J connectivity index is 1.19. The van der Waals surface area contributed by atoms with Gasteiger partial charge >= 0.3 is 0 Å². The first-order chi connectivity index (χ1) is 15.9. The summed E-state index contributed by atoms with van der Waals surface area (Å²) < 4.78 is 5.49. The molecule has 2 aliphatic heterocycles. The number of carbonyl (C=O) groups is 2. The minimum Gasteiger partial charge on any atom is -0.378 e. The molecule has 33 heavy (non-hydrogen) atoms. The lowest BCUT2D eigenvalue weighted by Crippen LogP contribution is -2.55. The average molecular weight is 447 g/mol. The quantitative estimate of drug-likeness (QED) is 0.647. The van der Waals surface area contributed by atoms with Crippen molar-refractivity contribution in [1.29, 1.82) is 0 Å². The van der Waals surface area contributed by atoms with E-state index in [0.29, 0.717) is 49.8 Å². The van der Waals surface area contributed by atoms with E-state index in [1.54, 1.807) is 15.9 Å². The lowest BCUT2D eigenvalue weighted by atomic mass is 9.94. The third kappa shape index (κ3) is 4.14. The normalized spacial score (nSPS) is 18.3. The number of hydrogen-bond acceptors (Lipinski definition) is 6. The number of benzene rings is 2. The molecule has 1 saturated heterocycles. The Kier molecular flexibility index (Phi) is 5.46. The van der Waals surface area contributed by atoms with Gasteiger partial charge in [-0.15, -0.1) is 0 Å². The Hall–Kier alpha value is -3.52. The molecule has 8 nitrogen and oxygen atoms in total. The van der Waals surface area contributed by atoms with Crippen molar-refractivity contribution in [2.75, 3.05) is 19.6 Å². The van der Waals surface area contributed by atoms with E-state index in [0.717, 1.165) is 11.1 Å². The van der Waals surface area contributed by atoms with Crippen LogP contribution in [0.3, 0.4) is 0 Å². The number of rotatable bonds is 5. The fraction of sp³-hybridized carbons (Fsp3) is 0.360. The van der Waals surface area contributed by atoms with Crippen LogP contribution in [0.4, 0.5) is 0 Å². The van der Waals surface area contributed by atoms with E-state index in [4.69, 9.17) is 4.52 Å². The third-order valence-electron chi connectivity index (χ3n) is 6.46. The Morgan fingerprint density at radius 1 is 1.12 bits per heavy atom. The number of amides is 2. The van der Waals surface area contributed by atoms with Crippen LogP contribution in [-0.4, -0.2) is 62.1 Å². The summed E-state index contributed by atoms with van der Waals surface area (Å²) in [5.41, 5.74) is 0.793. The van der Waals surface area contributed by atoms with E-state index < -0.39 is 5.60 Å².